The van der Waals surface area contributed by atoms with Crippen molar-refractivity contribution in [2.45, 2.75) is 83.9 Å². The molecule has 1 aliphatic heterocycles. The first-order valence-corrected chi connectivity index (χ1v) is 15.4. The zero-order chi connectivity index (χ0) is 32.0. The minimum absolute atomic E-state index is 0.0702. The molecule has 242 valence electrons. The van der Waals surface area contributed by atoms with E-state index >= 15 is 0 Å². The van der Waals surface area contributed by atoms with Crippen molar-refractivity contribution in [3.8, 4) is 0 Å². The maximum atomic E-state index is 15.0. The molecule has 1 aromatic carbocycles. The Morgan fingerprint density at radius 1 is 1.00 bits per heavy atom. The van der Waals surface area contributed by atoms with Crippen molar-refractivity contribution >= 4 is 29.1 Å². The number of rotatable bonds is 11. The van der Waals surface area contributed by atoms with Crippen molar-refractivity contribution in [3.63, 3.8) is 0 Å². The number of nitrogens with one attached hydrogen (secondary N) is 3. The summed E-state index contributed by atoms with van der Waals surface area (Å²) in [7, 11) is 0. The summed E-state index contributed by atoms with van der Waals surface area (Å²) in [6, 6.07) is 3.87. The average Bonchev–Trinajstić information content (AvgIpc) is 3.85. The third-order valence-corrected chi connectivity index (χ3v) is 8.02. The Hall–Kier alpha value is -3.64. The second kappa shape index (κ2) is 14.4. The highest BCUT2D eigenvalue weighted by Gasteiger charge is 2.32. The van der Waals surface area contributed by atoms with Gasteiger partial charge in [-0.15, -0.1) is 0 Å². The summed E-state index contributed by atoms with van der Waals surface area (Å²) in [4.78, 5) is 39.2. The minimum atomic E-state index is -4.57. The Kier molecular flexibility index (Phi) is 10.9. The number of hydrogen-bond donors (Lipinski definition) is 3. The molecule has 0 radical (unpaired) electrons. The molecule has 2 aromatic rings. The lowest BCUT2D eigenvalue weighted by atomic mass is 9.96. The van der Waals surface area contributed by atoms with Crippen molar-refractivity contribution in [2.24, 2.45) is 11.8 Å². The molecule has 3 amide bonds. The van der Waals surface area contributed by atoms with Crippen LogP contribution < -0.4 is 20.9 Å². The lowest BCUT2D eigenvalue weighted by molar-refractivity contribution is -0.139. The molecule has 1 aromatic heterocycles. The standard InChI is InChI=1S/C24H30F4N6O3.C7H12/c1-14(2)34-19(6-7-31-34)23(37)29-12-21(35)32-18-11-20(33-8-4-5-9-33)16(10-17(18)25)15(3)22(36)30-13-24(26,27)28;1-2-6(1)5-7-3-4-7/h6-7,10-11,14-15H,4-5,8-9,12-13H2,1-3H3,(H,29,37)(H,30,36)(H,32,35);6-7H,1-5H2. The second-order valence-electron chi connectivity index (χ2n) is 12.2. The minimum Gasteiger partial charge on any atom is -0.371 e. The third kappa shape index (κ3) is 9.68. The normalized spacial score (nSPS) is 17.1. The van der Waals surface area contributed by atoms with Crippen LogP contribution in [-0.4, -0.2) is 59.9 Å². The highest BCUT2D eigenvalue weighted by molar-refractivity contribution is 5.99. The summed E-state index contributed by atoms with van der Waals surface area (Å²) >= 11 is 0. The molecule has 44 heavy (non-hydrogen) atoms. The molecule has 0 bridgehead atoms. The van der Waals surface area contributed by atoms with Crippen LogP contribution in [0.5, 0.6) is 0 Å². The zero-order valence-corrected chi connectivity index (χ0v) is 25.5. The number of halogens is 4. The number of anilines is 2. The van der Waals surface area contributed by atoms with Gasteiger partial charge in [-0.05, 0) is 75.6 Å². The van der Waals surface area contributed by atoms with Gasteiger partial charge in [-0.25, -0.2) is 4.39 Å². The van der Waals surface area contributed by atoms with Crippen LogP contribution in [0.3, 0.4) is 0 Å². The Balaban J connectivity index is 0.000000544. The summed E-state index contributed by atoms with van der Waals surface area (Å²) in [5.41, 5.74) is 0.772. The molecule has 1 unspecified atom stereocenters. The molecule has 1 atom stereocenters. The molecule has 3 N–H and O–H groups in total. The van der Waals surface area contributed by atoms with Gasteiger partial charge in [0, 0.05) is 31.0 Å². The number of amides is 3. The van der Waals surface area contributed by atoms with E-state index in [9.17, 15) is 31.9 Å². The van der Waals surface area contributed by atoms with Gasteiger partial charge in [0.1, 0.15) is 18.1 Å². The van der Waals surface area contributed by atoms with Crippen LogP contribution in [0.15, 0.2) is 24.4 Å². The Labute approximate surface area is 255 Å². The predicted molar refractivity (Wildman–Crippen MR) is 159 cm³/mol. The Morgan fingerprint density at radius 3 is 2.20 bits per heavy atom. The maximum Gasteiger partial charge on any atom is 0.405 e. The van der Waals surface area contributed by atoms with E-state index in [0.29, 0.717) is 18.8 Å². The number of alkyl halides is 3. The molecule has 9 nitrogen and oxygen atoms in total. The van der Waals surface area contributed by atoms with Crippen molar-refractivity contribution in [1.29, 1.82) is 0 Å². The van der Waals surface area contributed by atoms with Gasteiger partial charge >= 0.3 is 6.18 Å². The summed E-state index contributed by atoms with van der Waals surface area (Å²) in [5, 5.41) is 10.8. The molecule has 2 saturated carbocycles. The summed E-state index contributed by atoms with van der Waals surface area (Å²) in [5.74, 6) is -1.64. The van der Waals surface area contributed by atoms with E-state index in [2.05, 4.69) is 15.7 Å². The maximum absolute atomic E-state index is 15.0. The summed E-state index contributed by atoms with van der Waals surface area (Å²) in [6.07, 6.45) is 6.39. The SMILES string of the molecule is C1CC1CC1CC1.CC(C(=O)NCC(F)(F)F)c1cc(F)c(NC(=O)CNC(=O)c2ccnn2C(C)C)cc1N1CCCC1. The van der Waals surface area contributed by atoms with Crippen molar-refractivity contribution in [3.05, 3.63) is 41.5 Å². The van der Waals surface area contributed by atoms with Crippen LogP contribution in [0.4, 0.5) is 28.9 Å². The summed E-state index contributed by atoms with van der Waals surface area (Å²) in [6.45, 7) is 4.40. The van der Waals surface area contributed by atoms with E-state index in [1.54, 1.807) is 32.1 Å². The van der Waals surface area contributed by atoms with Gasteiger partial charge in [0.05, 0.1) is 18.2 Å². The predicted octanol–water partition coefficient (Wildman–Crippen LogP) is 5.55. The molecule has 5 rings (SSSR count). The number of benzene rings is 1. The van der Waals surface area contributed by atoms with Crippen LogP contribution in [-0.2, 0) is 9.59 Å². The van der Waals surface area contributed by atoms with Crippen molar-refractivity contribution < 1.29 is 31.9 Å². The molecular weight excluding hydrogens is 580 g/mol. The van der Waals surface area contributed by atoms with E-state index in [-0.39, 0.29) is 23.0 Å². The van der Waals surface area contributed by atoms with E-state index in [0.717, 1.165) is 18.9 Å². The van der Waals surface area contributed by atoms with Gasteiger partial charge in [0.15, 0.2) is 0 Å². The average molecular weight is 623 g/mol. The van der Waals surface area contributed by atoms with E-state index in [1.165, 1.54) is 41.8 Å². The van der Waals surface area contributed by atoms with Crippen molar-refractivity contribution in [1.82, 2.24) is 20.4 Å². The molecule has 3 aliphatic rings. The van der Waals surface area contributed by atoms with Crippen LogP contribution in [0.1, 0.15) is 93.7 Å². The Bertz CT molecular complexity index is 1300. The van der Waals surface area contributed by atoms with Gasteiger partial charge in [-0.2, -0.15) is 18.3 Å². The number of aromatic nitrogens is 2. The number of carbonyl (C=O) groups excluding carboxylic acids is 3. The van der Waals surface area contributed by atoms with Crippen LogP contribution in [0, 0.1) is 17.7 Å². The third-order valence-electron chi connectivity index (χ3n) is 8.02. The largest absolute Gasteiger partial charge is 0.405 e. The van der Waals surface area contributed by atoms with E-state index < -0.39 is 48.7 Å². The first kappa shape index (κ1) is 33.3. The number of hydrogen-bond acceptors (Lipinski definition) is 5. The molecule has 0 spiro atoms. The molecule has 3 fully saturated rings. The van der Waals surface area contributed by atoms with Crippen molar-refractivity contribution in [2.75, 3.05) is 36.4 Å². The first-order valence-electron chi connectivity index (χ1n) is 15.4. The van der Waals surface area contributed by atoms with Gasteiger partial charge in [-0.3, -0.25) is 19.1 Å². The number of nitrogens with zero attached hydrogens (tertiary/aromatic N) is 3. The fraction of sp³-hybridized carbons (Fsp3) is 0.613. The Morgan fingerprint density at radius 2 is 1.64 bits per heavy atom. The smallest absolute Gasteiger partial charge is 0.371 e. The highest BCUT2D eigenvalue weighted by atomic mass is 19.4. The lowest BCUT2D eigenvalue weighted by Crippen LogP contribution is -2.36. The fourth-order valence-corrected chi connectivity index (χ4v) is 5.26. The molecular formula is C31H42F4N6O3. The zero-order valence-electron chi connectivity index (χ0n) is 25.5. The lowest BCUT2D eigenvalue weighted by Gasteiger charge is -2.25. The van der Waals surface area contributed by atoms with Crippen LogP contribution in [0.2, 0.25) is 0 Å². The topological polar surface area (TPSA) is 108 Å². The first-order chi connectivity index (χ1) is 20.8. The van der Waals surface area contributed by atoms with Crippen LogP contribution in [0.25, 0.3) is 0 Å². The van der Waals surface area contributed by atoms with E-state index in [1.807, 2.05) is 24.1 Å². The van der Waals surface area contributed by atoms with Gasteiger partial charge in [0.25, 0.3) is 5.91 Å². The van der Waals surface area contributed by atoms with Gasteiger partial charge in [0.2, 0.25) is 11.8 Å². The molecule has 2 aliphatic carbocycles. The fourth-order valence-electron chi connectivity index (χ4n) is 5.26. The molecule has 2 heterocycles. The van der Waals surface area contributed by atoms with Gasteiger partial charge < -0.3 is 20.9 Å². The molecule has 13 heteroatoms. The quantitative estimate of drug-likeness (QED) is 0.285. The monoisotopic (exact) mass is 622 g/mol. The number of carbonyl (C=O) groups is 3. The second-order valence-corrected chi connectivity index (χ2v) is 12.2. The molecule has 1 saturated heterocycles. The van der Waals surface area contributed by atoms with E-state index in [4.69, 9.17) is 0 Å². The van der Waals surface area contributed by atoms with Crippen LogP contribution >= 0.6 is 0 Å². The highest BCUT2D eigenvalue weighted by Crippen LogP contribution is 2.44. The summed E-state index contributed by atoms with van der Waals surface area (Å²) < 4.78 is 54.1. The van der Waals surface area contributed by atoms with Gasteiger partial charge in [-0.1, -0.05) is 25.7 Å².